The number of hydrogen-bond donors (Lipinski definition) is 1. The minimum atomic E-state index is -3.34. The van der Waals surface area contributed by atoms with Gasteiger partial charge in [-0.05, 0) is 18.4 Å². The van der Waals surface area contributed by atoms with Crippen LogP contribution in [0.25, 0.3) is 0 Å². The van der Waals surface area contributed by atoms with E-state index in [-0.39, 0.29) is 24.2 Å². The van der Waals surface area contributed by atoms with Crippen LogP contribution in [0.2, 0.25) is 0 Å². The Bertz CT molecular complexity index is 504. The molecule has 0 spiro atoms. The molecule has 0 bridgehead atoms. The minimum absolute atomic E-state index is 0. The van der Waals surface area contributed by atoms with Crippen molar-refractivity contribution in [1.82, 2.24) is 4.31 Å². The summed E-state index contributed by atoms with van der Waals surface area (Å²) in [5.74, 6) is 0.0329. The maximum atomic E-state index is 12.6. The summed E-state index contributed by atoms with van der Waals surface area (Å²) in [7, 11) is -3.34. The summed E-state index contributed by atoms with van der Waals surface area (Å²) in [6.07, 6.45) is 1.49. The largest absolute Gasteiger partial charge is 0.381 e. The molecule has 0 aromatic heterocycles. The second kappa shape index (κ2) is 8.70. The molecule has 21 heavy (non-hydrogen) atoms. The van der Waals surface area contributed by atoms with Gasteiger partial charge in [-0.25, -0.2) is 8.42 Å². The molecule has 2 N–H and O–H groups in total. The Kier molecular flexibility index (Phi) is 7.62. The highest BCUT2D eigenvalue weighted by Crippen LogP contribution is 2.20. The lowest BCUT2D eigenvalue weighted by Crippen LogP contribution is -2.46. The molecule has 1 heterocycles. The van der Waals surface area contributed by atoms with Crippen molar-refractivity contribution in [3.8, 4) is 0 Å². The number of nitrogens with zero attached hydrogens (tertiary/aromatic N) is 1. The standard InChI is InChI=1S/C14H22N2O3S.ClH/c15-8-9-16(14-6-10-19-11-7-14)20(17,18)12-13-4-2-1-3-5-13;/h1-5,14H,6-12,15H2;1H. The molecule has 0 aliphatic carbocycles. The van der Waals surface area contributed by atoms with Gasteiger partial charge in [-0.2, -0.15) is 4.31 Å². The van der Waals surface area contributed by atoms with Crippen LogP contribution in [0, 0.1) is 0 Å². The van der Waals surface area contributed by atoms with Crippen LogP contribution >= 0.6 is 12.4 Å². The fourth-order valence-electron chi connectivity index (χ4n) is 2.52. The Morgan fingerprint density at radius 3 is 2.38 bits per heavy atom. The van der Waals surface area contributed by atoms with Crippen molar-refractivity contribution in [2.75, 3.05) is 26.3 Å². The molecular weight excluding hydrogens is 312 g/mol. The fraction of sp³-hybridized carbons (Fsp3) is 0.571. The van der Waals surface area contributed by atoms with Gasteiger partial charge in [0.25, 0.3) is 0 Å². The molecule has 1 saturated heterocycles. The first-order chi connectivity index (χ1) is 9.63. The summed E-state index contributed by atoms with van der Waals surface area (Å²) >= 11 is 0. The third-order valence-corrected chi connectivity index (χ3v) is 5.39. The van der Waals surface area contributed by atoms with E-state index in [2.05, 4.69) is 0 Å². The van der Waals surface area contributed by atoms with Gasteiger partial charge in [0.2, 0.25) is 10.0 Å². The molecule has 0 radical (unpaired) electrons. The zero-order valence-corrected chi connectivity index (χ0v) is 13.6. The maximum Gasteiger partial charge on any atom is 0.218 e. The van der Waals surface area contributed by atoms with Crippen molar-refractivity contribution in [3.05, 3.63) is 35.9 Å². The van der Waals surface area contributed by atoms with Gasteiger partial charge in [0, 0.05) is 32.3 Å². The Morgan fingerprint density at radius 2 is 1.81 bits per heavy atom. The Labute approximate surface area is 132 Å². The van der Waals surface area contributed by atoms with Crippen molar-refractivity contribution in [1.29, 1.82) is 0 Å². The van der Waals surface area contributed by atoms with Gasteiger partial charge in [-0.3, -0.25) is 0 Å². The van der Waals surface area contributed by atoms with E-state index in [0.29, 0.717) is 26.3 Å². The van der Waals surface area contributed by atoms with E-state index in [1.54, 1.807) is 4.31 Å². The van der Waals surface area contributed by atoms with E-state index in [0.717, 1.165) is 18.4 Å². The molecule has 7 heteroatoms. The van der Waals surface area contributed by atoms with Crippen molar-refractivity contribution in [3.63, 3.8) is 0 Å². The lowest BCUT2D eigenvalue weighted by atomic mass is 10.1. The maximum absolute atomic E-state index is 12.6. The first kappa shape index (κ1) is 18.4. The van der Waals surface area contributed by atoms with E-state index in [9.17, 15) is 8.42 Å². The van der Waals surface area contributed by atoms with Crippen molar-refractivity contribution in [2.24, 2.45) is 5.73 Å². The number of hydrogen-bond acceptors (Lipinski definition) is 4. The topological polar surface area (TPSA) is 72.6 Å². The molecule has 0 unspecified atom stereocenters. The molecule has 5 nitrogen and oxygen atoms in total. The van der Waals surface area contributed by atoms with Crippen LogP contribution in [0.15, 0.2) is 30.3 Å². The second-order valence-electron chi connectivity index (χ2n) is 4.98. The van der Waals surface area contributed by atoms with Crippen molar-refractivity contribution >= 4 is 22.4 Å². The van der Waals surface area contributed by atoms with Gasteiger partial charge < -0.3 is 10.5 Å². The van der Waals surface area contributed by atoms with Gasteiger partial charge in [-0.15, -0.1) is 12.4 Å². The number of sulfonamides is 1. The summed E-state index contributed by atoms with van der Waals surface area (Å²) in [4.78, 5) is 0. The van der Waals surface area contributed by atoms with Crippen LogP contribution in [-0.4, -0.2) is 45.1 Å². The van der Waals surface area contributed by atoms with Crippen LogP contribution in [0.4, 0.5) is 0 Å². The number of nitrogens with two attached hydrogens (primary N) is 1. The third-order valence-electron chi connectivity index (χ3n) is 3.50. The molecule has 1 aromatic rings. The first-order valence-corrected chi connectivity index (χ1v) is 8.55. The molecule has 1 aliphatic heterocycles. The fourth-order valence-corrected chi connectivity index (χ4v) is 4.35. The van der Waals surface area contributed by atoms with E-state index < -0.39 is 10.0 Å². The lowest BCUT2D eigenvalue weighted by molar-refractivity contribution is 0.0590. The Morgan fingerprint density at radius 1 is 1.19 bits per heavy atom. The third kappa shape index (κ3) is 5.23. The minimum Gasteiger partial charge on any atom is -0.381 e. The average molecular weight is 335 g/mol. The molecule has 120 valence electrons. The van der Waals surface area contributed by atoms with E-state index >= 15 is 0 Å². The van der Waals surface area contributed by atoms with Crippen LogP contribution < -0.4 is 5.73 Å². The molecule has 0 saturated carbocycles. The predicted molar refractivity (Wildman–Crippen MR) is 85.9 cm³/mol. The highest BCUT2D eigenvalue weighted by molar-refractivity contribution is 7.88. The van der Waals surface area contributed by atoms with E-state index in [1.807, 2.05) is 30.3 Å². The zero-order valence-electron chi connectivity index (χ0n) is 12.0. The van der Waals surface area contributed by atoms with Gasteiger partial charge in [0.15, 0.2) is 0 Å². The SMILES string of the molecule is Cl.NCCN(C1CCOCC1)S(=O)(=O)Cc1ccccc1. The second-order valence-corrected chi connectivity index (χ2v) is 6.91. The quantitative estimate of drug-likeness (QED) is 0.853. The monoisotopic (exact) mass is 334 g/mol. The summed E-state index contributed by atoms with van der Waals surface area (Å²) < 4.78 is 32.1. The van der Waals surface area contributed by atoms with Crippen LogP contribution in [0.1, 0.15) is 18.4 Å². The van der Waals surface area contributed by atoms with Gasteiger partial charge in [-0.1, -0.05) is 30.3 Å². The molecular formula is C14H23ClN2O3S. The van der Waals surface area contributed by atoms with Crippen LogP contribution in [0.5, 0.6) is 0 Å². The van der Waals surface area contributed by atoms with Gasteiger partial charge in [0.1, 0.15) is 0 Å². The highest BCUT2D eigenvalue weighted by Gasteiger charge is 2.30. The molecule has 1 aliphatic rings. The number of halogens is 1. The number of benzene rings is 1. The molecule has 0 amide bonds. The van der Waals surface area contributed by atoms with E-state index in [1.165, 1.54) is 0 Å². The summed E-state index contributed by atoms with van der Waals surface area (Å²) in [5, 5.41) is 0. The number of rotatable bonds is 6. The van der Waals surface area contributed by atoms with Crippen molar-refractivity contribution < 1.29 is 13.2 Å². The molecule has 1 fully saturated rings. The predicted octanol–water partition coefficient (Wildman–Crippen LogP) is 1.38. The first-order valence-electron chi connectivity index (χ1n) is 6.95. The van der Waals surface area contributed by atoms with E-state index in [4.69, 9.17) is 10.5 Å². The summed E-state index contributed by atoms with van der Waals surface area (Å²) in [6, 6.07) is 9.27. The smallest absolute Gasteiger partial charge is 0.218 e. The normalized spacial score (nSPS) is 16.7. The Hall–Kier alpha value is -0.660. The molecule has 0 atom stereocenters. The lowest BCUT2D eigenvalue weighted by Gasteiger charge is -2.33. The van der Waals surface area contributed by atoms with Crippen LogP contribution in [0.3, 0.4) is 0 Å². The summed E-state index contributed by atoms with van der Waals surface area (Å²) in [6.45, 7) is 1.95. The Balaban J connectivity index is 0.00000220. The van der Waals surface area contributed by atoms with Crippen molar-refractivity contribution in [2.45, 2.75) is 24.6 Å². The van der Waals surface area contributed by atoms with Gasteiger partial charge in [0.05, 0.1) is 5.75 Å². The molecule has 1 aromatic carbocycles. The van der Waals surface area contributed by atoms with Crippen LogP contribution in [-0.2, 0) is 20.5 Å². The molecule has 2 rings (SSSR count). The summed E-state index contributed by atoms with van der Waals surface area (Å²) in [5.41, 5.74) is 6.40. The zero-order chi connectivity index (χ0) is 14.4. The highest BCUT2D eigenvalue weighted by atomic mass is 35.5. The average Bonchev–Trinajstić information content (AvgIpc) is 2.46. The van der Waals surface area contributed by atoms with Gasteiger partial charge >= 0.3 is 0 Å². The number of ether oxygens (including phenoxy) is 1.